The van der Waals surface area contributed by atoms with Crippen LogP contribution in [0.1, 0.15) is 30.2 Å². The van der Waals surface area contributed by atoms with Crippen LogP contribution in [-0.4, -0.2) is 34.8 Å². The second-order valence-corrected chi connectivity index (χ2v) is 9.00. The van der Waals surface area contributed by atoms with Crippen LogP contribution in [0.25, 0.3) is 0 Å². The van der Waals surface area contributed by atoms with Crippen LogP contribution in [0, 0.1) is 0 Å². The number of nitrogens with zero attached hydrogens (tertiary/aromatic N) is 2. The summed E-state index contributed by atoms with van der Waals surface area (Å²) in [4.78, 5) is 30.8. The Balaban J connectivity index is 1.73. The lowest BCUT2D eigenvalue weighted by molar-refractivity contribution is -0.133. The van der Waals surface area contributed by atoms with Crippen molar-refractivity contribution in [3.8, 4) is 0 Å². The van der Waals surface area contributed by atoms with Gasteiger partial charge in [0.1, 0.15) is 6.54 Å². The Morgan fingerprint density at radius 2 is 1.78 bits per heavy atom. The average molecular weight is 470 g/mol. The number of benzene rings is 2. The fourth-order valence-electron chi connectivity index (χ4n) is 3.26. The van der Waals surface area contributed by atoms with Gasteiger partial charge < -0.3 is 15.1 Å². The number of urea groups is 1. The number of nitrogens with one attached hydrogen (secondary N) is 1. The zero-order valence-corrected chi connectivity index (χ0v) is 19.7. The minimum absolute atomic E-state index is 0.0185. The first-order valence-corrected chi connectivity index (χ1v) is 12.0. The minimum Gasteiger partial charge on any atom is -0.332 e. The molecule has 0 aliphatic rings. The Bertz CT molecular complexity index is 995. The highest BCUT2D eigenvalue weighted by Gasteiger charge is 2.22. The quantitative estimate of drug-likeness (QED) is 0.380. The van der Waals surface area contributed by atoms with Gasteiger partial charge in [-0.3, -0.25) is 4.79 Å². The number of anilines is 1. The molecule has 1 aromatic heterocycles. The minimum atomic E-state index is -0.301. The molecule has 0 fully saturated rings. The predicted molar refractivity (Wildman–Crippen MR) is 132 cm³/mol. The van der Waals surface area contributed by atoms with Gasteiger partial charge in [0.05, 0.1) is 6.54 Å². The number of hydrogen-bond donors (Lipinski definition) is 1. The van der Waals surface area contributed by atoms with Crippen molar-refractivity contribution in [1.82, 2.24) is 9.80 Å². The first-order chi connectivity index (χ1) is 15.5. The number of carbonyl (C=O) groups is 2. The van der Waals surface area contributed by atoms with E-state index in [0.29, 0.717) is 30.3 Å². The van der Waals surface area contributed by atoms with Crippen LogP contribution in [0.3, 0.4) is 0 Å². The summed E-state index contributed by atoms with van der Waals surface area (Å²) in [5.74, 6) is -0.0837. The van der Waals surface area contributed by atoms with Gasteiger partial charge in [0.25, 0.3) is 0 Å². The molecule has 0 spiro atoms. The fraction of sp³-hybridized carbons (Fsp3) is 0.280. The largest absolute Gasteiger partial charge is 0.332 e. The van der Waals surface area contributed by atoms with Gasteiger partial charge in [0, 0.05) is 28.7 Å². The molecule has 0 saturated carbocycles. The van der Waals surface area contributed by atoms with Gasteiger partial charge in [0.2, 0.25) is 5.91 Å². The van der Waals surface area contributed by atoms with Crippen molar-refractivity contribution in [2.24, 2.45) is 0 Å². The number of amides is 3. The molecule has 0 saturated heterocycles. The Morgan fingerprint density at radius 3 is 2.47 bits per heavy atom. The van der Waals surface area contributed by atoms with Gasteiger partial charge in [0.15, 0.2) is 0 Å². The maximum atomic E-state index is 13.3. The third kappa shape index (κ3) is 7.39. The van der Waals surface area contributed by atoms with Gasteiger partial charge in [-0.05, 0) is 41.6 Å². The van der Waals surface area contributed by atoms with Gasteiger partial charge in [-0.15, -0.1) is 11.3 Å². The molecule has 3 aromatic rings. The van der Waals surface area contributed by atoms with Crippen LogP contribution in [-0.2, 0) is 17.9 Å². The van der Waals surface area contributed by atoms with Crippen molar-refractivity contribution >= 4 is 40.6 Å². The number of halogens is 1. The van der Waals surface area contributed by atoms with E-state index < -0.39 is 0 Å². The highest BCUT2D eigenvalue weighted by Crippen LogP contribution is 2.17. The topological polar surface area (TPSA) is 52.7 Å². The molecular formula is C25H28ClN3O2S. The average Bonchev–Trinajstić information content (AvgIpc) is 3.30. The molecule has 5 nitrogen and oxygen atoms in total. The van der Waals surface area contributed by atoms with Crippen LogP contribution < -0.4 is 5.32 Å². The van der Waals surface area contributed by atoms with Crippen LogP contribution in [0.2, 0.25) is 5.02 Å². The summed E-state index contributed by atoms with van der Waals surface area (Å²) in [6.07, 6.45) is 1.75. The number of carbonyl (C=O) groups excluding carboxylic acids is 2. The summed E-state index contributed by atoms with van der Waals surface area (Å²) in [5, 5.41) is 5.42. The van der Waals surface area contributed by atoms with E-state index in [1.54, 1.807) is 40.5 Å². The lowest BCUT2D eigenvalue weighted by atomic mass is 10.2. The van der Waals surface area contributed by atoms with E-state index in [-0.39, 0.29) is 18.5 Å². The van der Waals surface area contributed by atoms with Crippen LogP contribution >= 0.6 is 22.9 Å². The van der Waals surface area contributed by atoms with Gasteiger partial charge in [-0.2, -0.15) is 0 Å². The van der Waals surface area contributed by atoms with Crippen molar-refractivity contribution in [3.63, 3.8) is 0 Å². The van der Waals surface area contributed by atoms with Crippen LogP contribution in [0.15, 0.2) is 72.1 Å². The fourth-order valence-corrected chi connectivity index (χ4v) is 4.17. The molecule has 1 heterocycles. The van der Waals surface area contributed by atoms with E-state index in [4.69, 9.17) is 11.6 Å². The maximum Gasteiger partial charge on any atom is 0.322 e. The molecule has 1 N–H and O–H groups in total. The summed E-state index contributed by atoms with van der Waals surface area (Å²) in [6, 6.07) is 20.6. The first kappa shape index (κ1) is 23.8. The van der Waals surface area contributed by atoms with Crippen molar-refractivity contribution in [3.05, 3.63) is 87.6 Å². The smallest absolute Gasteiger partial charge is 0.322 e. The number of hydrogen-bond acceptors (Lipinski definition) is 3. The highest BCUT2D eigenvalue weighted by atomic mass is 35.5. The monoisotopic (exact) mass is 469 g/mol. The van der Waals surface area contributed by atoms with E-state index >= 15 is 0 Å². The Kier molecular flexibility index (Phi) is 9.13. The van der Waals surface area contributed by atoms with E-state index in [1.165, 1.54) is 0 Å². The molecule has 168 valence electrons. The molecule has 0 radical (unpaired) electrons. The van der Waals surface area contributed by atoms with Gasteiger partial charge >= 0.3 is 6.03 Å². The molecule has 32 heavy (non-hydrogen) atoms. The first-order valence-electron chi connectivity index (χ1n) is 10.7. The molecule has 2 aromatic carbocycles. The van der Waals surface area contributed by atoms with Gasteiger partial charge in [-0.1, -0.05) is 67.4 Å². The summed E-state index contributed by atoms with van der Waals surface area (Å²) in [7, 11) is 0. The molecule has 0 aliphatic heterocycles. The number of thiophene rings is 1. The Labute approximate surface area is 198 Å². The van der Waals surface area contributed by atoms with Crippen LogP contribution in [0.5, 0.6) is 0 Å². The molecule has 7 heteroatoms. The Hall–Kier alpha value is -2.83. The molecule has 3 rings (SSSR count). The highest BCUT2D eigenvalue weighted by molar-refractivity contribution is 7.09. The number of rotatable bonds is 10. The van der Waals surface area contributed by atoms with Crippen molar-refractivity contribution < 1.29 is 9.59 Å². The summed E-state index contributed by atoms with van der Waals surface area (Å²) >= 11 is 7.66. The molecule has 0 unspecified atom stereocenters. The predicted octanol–water partition coefficient (Wildman–Crippen LogP) is 6.26. The van der Waals surface area contributed by atoms with E-state index in [0.717, 1.165) is 23.3 Å². The number of unbranched alkanes of at least 4 members (excludes halogenated alkanes) is 1. The summed E-state index contributed by atoms with van der Waals surface area (Å²) in [5.41, 5.74) is 1.66. The van der Waals surface area contributed by atoms with E-state index in [9.17, 15) is 9.59 Å². The molecule has 3 amide bonds. The van der Waals surface area contributed by atoms with Gasteiger partial charge in [-0.25, -0.2) is 4.79 Å². The van der Waals surface area contributed by atoms with Crippen LogP contribution in [0.4, 0.5) is 10.5 Å². The second kappa shape index (κ2) is 12.3. The zero-order chi connectivity index (χ0) is 22.8. The lowest BCUT2D eigenvalue weighted by Gasteiger charge is -2.28. The summed E-state index contributed by atoms with van der Waals surface area (Å²) < 4.78 is 0. The normalized spacial score (nSPS) is 10.6. The van der Waals surface area contributed by atoms with Crippen molar-refractivity contribution in [2.45, 2.75) is 32.9 Å². The maximum absolute atomic E-state index is 13.3. The Morgan fingerprint density at radius 1 is 0.969 bits per heavy atom. The van der Waals surface area contributed by atoms with E-state index in [2.05, 4.69) is 12.2 Å². The third-order valence-corrected chi connectivity index (χ3v) is 6.06. The second-order valence-electron chi connectivity index (χ2n) is 7.53. The standard InChI is InChI=1S/C25H28ClN3O2S/c1-2-3-14-28(25(31)27-22-12-7-11-21(26)16-22)19-24(30)29(18-23-13-8-15-32-23)17-20-9-5-4-6-10-20/h4-13,15-16H,2-3,14,17-19H2,1H3,(H,27,31). The molecule has 0 bridgehead atoms. The SMILES string of the molecule is CCCCN(CC(=O)N(Cc1ccccc1)Cc1cccs1)C(=O)Nc1cccc(Cl)c1. The summed E-state index contributed by atoms with van der Waals surface area (Å²) in [6.45, 7) is 3.60. The third-order valence-electron chi connectivity index (χ3n) is 4.97. The van der Waals surface area contributed by atoms with E-state index in [1.807, 2.05) is 52.7 Å². The molecule has 0 atom stereocenters. The van der Waals surface area contributed by atoms with Crippen molar-refractivity contribution in [2.75, 3.05) is 18.4 Å². The molecular weight excluding hydrogens is 442 g/mol. The zero-order valence-electron chi connectivity index (χ0n) is 18.2. The molecule has 0 aliphatic carbocycles. The van der Waals surface area contributed by atoms with Crippen molar-refractivity contribution in [1.29, 1.82) is 0 Å². The lowest BCUT2D eigenvalue weighted by Crippen LogP contribution is -2.44.